The smallest absolute Gasteiger partial charge is 0.305 e. The standard InChI is InChI=1S/C12H16N2O4/c1-8(2)18-10-5-9(6-13-7-10)12(17)14-4-3-11(15)16/h5-8H,3-4H2,1-2H3,(H,14,17)(H,15,16). The van der Waals surface area contributed by atoms with Crippen LogP contribution in [0.4, 0.5) is 0 Å². The summed E-state index contributed by atoms with van der Waals surface area (Å²) in [7, 11) is 0. The van der Waals surface area contributed by atoms with E-state index < -0.39 is 5.97 Å². The molecule has 0 aliphatic heterocycles. The van der Waals surface area contributed by atoms with E-state index in [9.17, 15) is 9.59 Å². The van der Waals surface area contributed by atoms with E-state index in [0.717, 1.165) is 0 Å². The third-order valence-electron chi connectivity index (χ3n) is 1.97. The molecule has 2 N–H and O–H groups in total. The minimum absolute atomic E-state index is 0.00267. The highest BCUT2D eigenvalue weighted by atomic mass is 16.5. The van der Waals surface area contributed by atoms with Gasteiger partial charge in [-0.25, -0.2) is 0 Å². The molecule has 0 spiro atoms. The van der Waals surface area contributed by atoms with Crippen molar-refractivity contribution in [1.82, 2.24) is 10.3 Å². The number of nitrogens with one attached hydrogen (secondary N) is 1. The van der Waals surface area contributed by atoms with Gasteiger partial charge in [-0.15, -0.1) is 0 Å². The molecule has 6 heteroatoms. The largest absolute Gasteiger partial charge is 0.489 e. The first kappa shape index (κ1) is 14.0. The van der Waals surface area contributed by atoms with E-state index in [0.29, 0.717) is 11.3 Å². The Labute approximate surface area is 105 Å². The van der Waals surface area contributed by atoms with Gasteiger partial charge in [-0.05, 0) is 19.9 Å². The minimum atomic E-state index is -0.953. The van der Waals surface area contributed by atoms with Crippen molar-refractivity contribution >= 4 is 11.9 Å². The van der Waals surface area contributed by atoms with E-state index >= 15 is 0 Å². The summed E-state index contributed by atoms with van der Waals surface area (Å²) in [5, 5.41) is 11.0. The van der Waals surface area contributed by atoms with Crippen LogP contribution >= 0.6 is 0 Å². The Hall–Kier alpha value is -2.11. The lowest BCUT2D eigenvalue weighted by Crippen LogP contribution is -2.26. The molecule has 0 atom stereocenters. The Morgan fingerprint density at radius 3 is 2.78 bits per heavy atom. The van der Waals surface area contributed by atoms with Crippen LogP contribution in [0, 0.1) is 0 Å². The highest BCUT2D eigenvalue weighted by Gasteiger charge is 2.08. The lowest BCUT2D eigenvalue weighted by atomic mass is 10.2. The molecule has 6 nitrogen and oxygen atoms in total. The van der Waals surface area contributed by atoms with Crippen molar-refractivity contribution in [2.75, 3.05) is 6.54 Å². The van der Waals surface area contributed by atoms with E-state index in [1.807, 2.05) is 13.8 Å². The third-order valence-corrected chi connectivity index (χ3v) is 1.97. The molecule has 0 aliphatic rings. The average molecular weight is 252 g/mol. The summed E-state index contributed by atoms with van der Waals surface area (Å²) in [6.07, 6.45) is 2.82. The third kappa shape index (κ3) is 4.82. The molecule has 0 saturated heterocycles. The van der Waals surface area contributed by atoms with Crippen molar-refractivity contribution in [3.05, 3.63) is 24.0 Å². The van der Waals surface area contributed by atoms with Crippen molar-refractivity contribution in [3.8, 4) is 5.75 Å². The summed E-state index contributed by atoms with van der Waals surface area (Å²) in [6, 6.07) is 1.57. The monoisotopic (exact) mass is 252 g/mol. The van der Waals surface area contributed by atoms with Crippen LogP contribution in [-0.4, -0.2) is 34.6 Å². The summed E-state index contributed by atoms with van der Waals surface area (Å²) in [5.41, 5.74) is 0.346. The summed E-state index contributed by atoms with van der Waals surface area (Å²) < 4.78 is 5.41. The molecule has 1 rings (SSSR count). The van der Waals surface area contributed by atoms with Gasteiger partial charge in [0.1, 0.15) is 5.75 Å². The second-order valence-corrected chi connectivity index (χ2v) is 3.98. The Balaban J connectivity index is 2.59. The number of amides is 1. The number of hydrogen-bond donors (Lipinski definition) is 2. The first-order valence-corrected chi connectivity index (χ1v) is 5.60. The zero-order valence-electron chi connectivity index (χ0n) is 10.3. The number of carbonyl (C=O) groups excluding carboxylic acids is 1. The number of ether oxygens (including phenoxy) is 1. The first-order chi connectivity index (χ1) is 8.49. The number of carbonyl (C=O) groups is 2. The van der Waals surface area contributed by atoms with Crippen LogP contribution in [0.15, 0.2) is 18.5 Å². The summed E-state index contributed by atoms with van der Waals surface area (Å²) >= 11 is 0. The topological polar surface area (TPSA) is 88.5 Å². The molecule has 0 unspecified atom stereocenters. The Morgan fingerprint density at radius 1 is 1.44 bits per heavy atom. The predicted molar refractivity (Wildman–Crippen MR) is 64.6 cm³/mol. The van der Waals surface area contributed by atoms with Gasteiger partial charge in [-0.1, -0.05) is 0 Å². The molecule has 0 aromatic carbocycles. The van der Waals surface area contributed by atoms with Crippen LogP contribution in [0.25, 0.3) is 0 Å². The van der Waals surface area contributed by atoms with Gasteiger partial charge >= 0.3 is 5.97 Å². The first-order valence-electron chi connectivity index (χ1n) is 5.60. The van der Waals surface area contributed by atoms with Gasteiger partial charge in [0.05, 0.1) is 24.3 Å². The number of carboxylic acid groups (broad SMARTS) is 1. The number of carboxylic acids is 1. The Morgan fingerprint density at radius 2 is 2.17 bits per heavy atom. The number of aliphatic carboxylic acids is 1. The summed E-state index contributed by atoms with van der Waals surface area (Å²) in [4.78, 5) is 25.9. The van der Waals surface area contributed by atoms with Crippen LogP contribution in [0.5, 0.6) is 5.75 Å². The maximum absolute atomic E-state index is 11.7. The zero-order valence-corrected chi connectivity index (χ0v) is 10.3. The molecule has 0 radical (unpaired) electrons. The fourth-order valence-corrected chi connectivity index (χ4v) is 1.26. The van der Waals surface area contributed by atoms with Crippen molar-refractivity contribution in [3.63, 3.8) is 0 Å². The number of hydrogen-bond acceptors (Lipinski definition) is 4. The Kier molecular flexibility index (Phi) is 5.10. The summed E-state index contributed by atoms with van der Waals surface area (Å²) in [5.74, 6) is -0.806. The fraction of sp³-hybridized carbons (Fsp3) is 0.417. The van der Waals surface area contributed by atoms with Gasteiger partial charge in [0.2, 0.25) is 0 Å². The van der Waals surface area contributed by atoms with Crippen molar-refractivity contribution in [1.29, 1.82) is 0 Å². The zero-order chi connectivity index (χ0) is 13.5. The van der Waals surface area contributed by atoms with Crippen molar-refractivity contribution in [2.45, 2.75) is 26.4 Å². The number of nitrogens with zero attached hydrogens (tertiary/aromatic N) is 1. The van der Waals surface area contributed by atoms with Crippen molar-refractivity contribution in [2.24, 2.45) is 0 Å². The van der Waals surface area contributed by atoms with Gasteiger partial charge in [0.25, 0.3) is 5.91 Å². The molecule has 1 amide bonds. The molecule has 0 saturated carbocycles. The van der Waals surface area contributed by atoms with Crippen LogP contribution in [0.3, 0.4) is 0 Å². The van der Waals surface area contributed by atoms with Crippen molar-refractivity contribution < 1.29 is 19.4 Å². The molecule has 0 aliphatic carbocycles. The fourth-order valence-electron chi connectivity index (χ4n) is 1.26. The minimum Gasteiger partial charge on any atom is -0.489 e. The van der Waals surface area contributed by atoms with Gasteiger partial charge in [0, 0.05) is 12.7 Å². The molecule has 0 bridgehead atoms. The van der Waals surface area contributed by atoms with Crippen LogP contribution in [0.2, 0.25) is 0 Å². The van der Waals surface area contributed by atoms with Crippen LogP contribution in [-0.2, 0) is 4.79 Å². The van der Waals surface area contributed by atoms with Crippen LogP contribution < -0.4 is 10.1 Å². The Bertz CT molecular complexity index is 432. The molecule has 18 heavy (non-hydrogen) atoms. The molecule has 1 heterocycles. The van der Waals surface area contributed by atoms with Gasteiger partial charge in [0.15, 0.2) is 0 Å². The SMILES string of the molecule is CC(C)Oc1cncc(C(=O)NCCC(=O)O)c1. The molecule has 1 aromatic rings. The van der Waals surface area contributed by atoms with Crippen LogP contribution in [0.1, 0.15) is 30.6 Å². The molecular formula is C12H16N2O4. The number of aromatic nitrogens is 1. The molecule has 1 aromatic heterocycles. The van der Waals surface area contributed by atoms with E-state index in [4.69, 9.17) is 9.84 Å². The number of pyridine rings is 1. The quantitative estimate of drug-likeness (QED) is 0.790. The van der Waals surface area contributed by atoms with E-state index in [1.165, 1.54) is 12.4 Å². The second-order valence-electron chi connectivity index (χ2n) is 3.98. The van der Waals surface area contributed by atoms with Gasteiger partial charge < -0.3 is 15.2 Å². The second kappa shape index (κ2) is 6.58. The lowest BCUT2D eigenvalue weighted by Gasteiger charge is -2.10. The highest BCUT2D eigenvalue weighted by Crippen LogP contribution is 2.12. The normalized spacial score (nSPS) is 10.2. The molecular weight excluding hydrogens is 236 g/mol. The number of rotatable bonds is 6. The average Bonchev–Trinajstić information content (AvgIpc) is 2.27. The van der Waals surface area contributed by atoms with Gasteiger partial charge in [-0.3, -0.25) is 14.6 Å². The highest BCUT2D eigenvalue weighted by molar-refractivity contribution is 5.94. The van der Waals surface area contributed by atoms with E-state index in [-0.39, 0.29) is 25.0 Å². The maximum Gasteiger partial charge on any atom is 0.305 e. The predicted octanol–water partition coefficient (Wildman–Crippen LogP) is 1.07. The van der Waals surface area contributed by atoms with Gasteiger partial charge in [-0.2, -0.15) is 0 Å². The molecule has 98 valence electrons. The van der Waals surface area contributed by atoms with E-state index in [2.05, 4.69) is 10.3 Å². The maximum atomic E-state index is 11.7. The molecule has 0 fully saturated rings. The summed E-state index contributed by atoms with van der Waals surface area (Å²) in [6.45, 7) is 3.84. The lowest BCUT2D eigenvalue weighted by molar-refractivity contribution is -0.136. The van der Waals surface area contributed by atoms with E-state index in [1.54, 1.807) is 6.07 Å².